The van der Waals surface area contributed by atoms with Crippen LogP contribution in [0.2, 0.25) is 0 Å². The van der Waals surface area contributed by atoms with Crippen molar-refractivity contribution in [2.45, 2.75) is 38.4 Å². The summed E-state index contributed by atoms with van der Waals surface area (Å²) in [6.07, 6.45) is 6.23. The second-order valence-electron chi connectivity index (χ2n) is 6.37. The van der Waals surface area contributed by atoms with Crippen molar-refractivity contribution in [1.82, 2.24) is 9.88 Å². The summed E-state index contributed by atoms with van der Waals surface area (Å²) in [5, 5.41) is 0. The van der Waals surface area contributed by atoms with Crippen molar-refractivity contribution >= 4 is 5.91 Å². The van der Waals surface area contributed by atoms with E-state index >= 15 is 0 Å². The fraction of sp³-hybridized carbons (Fsp3) is 0.400. The number of pyridine rings is 1. The Balaban J connectivity index is 1.47. The van der Waals surface area contributed by atoms with Crippen LogP contribution in [0.3, 0.4) is 0 Å². The van der Waals surface area contributed by atoms with Crippen molar-refractivity contribution in [2.24, 2.45) is 0 Å². The van der Waals surface area contributed by atoms with Crippen LogP contribution in [0.1, 0.15) is 30.4 Å². The molecular formula is C20H23FN2O2. The van der Waals surface area contributed by atoms with E-state index in [9.17, 15) is 9.18 Å². The van der Waals surface area contributed by atoms with Crippen molar-refractivity contribution < 1.29 is 13.9 Å². The van der Waals surface area contributed by atoms with E-state index in [4.69, 9.17) is 4.74 Å². The first-order chi connectivity index (χ1) is 12.2. The number of hydrogen-bond donors (Lipinski definition) is 0. The number of nitrogens with zero attached hydrogens (tertiary/aromatic N) is 2. The maximum Gasteiger partial charge on any atom is 0.222 e. The molecule has 1 saturated heterocycles. The highest BCUT2D eigenvalue weighted by atomic mass is 19.1. The SMILES string of the molecule is O=C(CCc1ccccc1F)N1CCC[C@H](OCc2cccnc2)C1. The molecule has 3 rings (SSSR count). The van der Waals surface area contributed by atoms with E-state index in [1.807, 2.05) is 17.0 Å². The minimum Gasteiger partial charge on any atom is -0.372 e. The Bertz CT molecular complexity index is 693. The molecule has 0 N–H and O–H groups in total. The molecule has 1 fully saturated rings. The zero-order valence-electron chi connectivity index (χ0n) is 14.2. The van der Waals surface area contributed by atoms with E-state index in [2.05, 4.69) is 4.98 Å². The summed E-state index contributed by atoms with van der Waals surface area (Å²) in [6, 6.07) is 10.5. The van der Waals surface area contributed by atoms with Crippen LogP contribution in [0, 0.1) is 5.82 Å². The molecule has 25 heavy (non-hydrogen) atoms. The monoisotopic (exact) mass is 342 g/mol. The first-order valence-corrected chi connectivity index (χ1v) is 8.74. The molecular weight excluding hydrogens is 319 g/mol. The van der Waals surface area contributed by atoms with Gasteiger partial charge in [-0.1, -0.05) is 24.3 Å². The number of amides is 1. The number of hydrogen-bond acceptors (Lipinski definition) is 3. The highest BCUT2D eigenvalue weighted by molar-refractivity contribution is 5.76. The Morgan fingerprint density at radius 2 is 2.16 bits per heavy atom. The normalized spacial score (nSPS) is 17.5. The summed E-state index contributed by atoms with van der Waals surface area (Å²) >= 11 is 0. The highest BCUT2D eigenvalue weighted by Gasteiger charge is 2.24. The molecule has 1 aliphatic rings. The van der Waals surface area contributed by atoms with Crippen LogP contribution >= 0.6 is 0 Å². The smallest absolute Gasteiger partial charge is 0.222 e. The first-order valence-electron chi connectivity index (χ1n) is 8.74. The number of ether oxygens (including phenoxy) is 1. The maximum atomic E-state index is 13.7. The molecule has 1 aromatic heterocycles. The fourth-order valence-electron chi connectivity index (χ4n) is 3.10. The molecule has 4 nitrogen and oxygen atoms in total. The summed E-state index contributed by atoms with van der Waals surface area (Å²) in [4.78, 5) is 18.4. The van der Waals surface area contributed by atoms with Crippen molar-refractivity contribution in [1.29, 1.82) is 0 Å². The minimum absolute atomic E-state index is 0.0476. The van der Waals surface area contributed by atoms with Crippen LogP contribution in [-0.4, -0.2) is 35.0 Å². The molecule has 132 valence electrons. The summed E-state index contributed by atoms with van der Waals surface area (Å²) in [6.45, 7) is 1.87. The average molecular weight is 342 g/mol. The molecule has 2 heterocycles. The molecule has 0 saturated carbocycles. The Hall–Kier alpha value is -2.27. The largest absolute Gasteiger partial charge is 0.372 e. The van der Waals surface area contributed by atoms with Crippen LogP contribution in [0.5, 0.6) is 0 Å². The van der Waals surface area contributed by atoms with Crippen LogP contribution in [0.15, 0.2) is 48.8 Å². The third-order valence-electron chi connectivity index (χ3n) is 4.51. The van der Waals surface area contributed by atoms with E-state index < -0.39 is 0 Å². The van der Waals surface area contributed by atoms with Gasteiger partial charge >= 0.3 is 0 Å². The van der Waals surface area contributed by atoms with Crippen molar-refractivity contribution in [3.8, 4) is 0 Å². The van der Waals surface area contributed by atoms with Crippen LogP contribution < -0.4 is 0 Å². The van der Waals surface area contributed by atoms with Gasteiger partial charge in [-0.25, -0.2) is 4.39 Å². The molecule has 5 heteroatoms. The van der Waals surface area contributed by atoms with Gasteiger partial charge in [-0.3, -0.25) is 9.78 Å². The van der Waals surface area contributed by atoms with Gasteiger partial charge in [0.1, 0.15) is 5.82 Å². The Kier molecular flexibility index (Phi) is 6.12. The van der Waals surface area contributed by atoms with Gasteiger partial charge < -0.3 is 9.64 Å². The molecule has 0 bridgehead atoms. The second-order valence-corrected chi connectivity index (χ2v) is 6.37. The van der Waals surface area contributed by atoms with Gasteiger partial charge in [-0.05, 0) is 42.5 Å². The zero-order valence-corrected chi connectivity index (χ0v) is 14.2. The number of likely N-dealkylation sites (tertiary alicyclic amines) is 1. The summed E-state index contributed by atoms with van der Waals surface area (Å²) < 4.78 is 19.6. The van der Waals surface area contributed by atoms with E-state index in [1.165, 1.54) is 6.07 Å². The van der Waals surface area contributed by atoms with E-state index in [0.29, 0.717) is 31.6 Å². The molecule has 2 aromatic rings. The lowest BCUT2D eigenvalue weighted by Crippen LogP contribution is -2.43. The lowest BCUT2D eigenvalue weighted by molar-refractivity contribution is -0.135. The van der Waals surface area contributed by atoms with Crippen LogP contribution in [0.4, 0.5) is 4.39 Å². The van der Waals surface area contributed by atoms with Crippen molar-refractivity contribution in [2.75, 3.05) is 13.1 Å². The number of piperidine rings is 1. The lowest BCUT2D eigenvalue weighted by Gasteiger charge is -2.32. The highest BCUT2D eigenvalue weighted by Crippen LogP contribution is 2.17. The molecule has 1 atom stereocenters. The Labute approximate surface area is 147 Å². The number of carbonyl (C=O) groups is 1. The molecule has 1 aliphatic heterocycles. The second kappa shape index (κ2) is 8.72. The first kappa shape index (κ1) is 17.5. The fourth-order valence-corrected chi connectivity index (χ4v) is 3.10. The minimum atomic E-state index is -0.244. The van der Waals surface area contributed by atoms with Gasteiger partial charge in [0.25, 0.3) is 0 Å². The number of aromatic nitrogens is 1. The van der Waals surface area contributed by atoms with Crippen molar-refractivity contribution in [3.63, 3.8) is 0 Å². The molecule has 1 amide bonds. The molecule has 0 aliphatic carbocycles. The number of carbonyl (C=O) groups excluding carboxylic acids is 1. The predicted molar refractivity (Wildman–Crippen MR) is 93.3 cm³/mol. The third kappa shape index (κ3) is 5.10. The molecule has 0 radical (unpaired) electrons. The van der Waals surface area contributed by atoms with Crippen LogP contribution in [-0.2, 0) is 22.6 Å². The van der Waals surface area contributed by atoms with Gasteiger partial charge in [0.05, 0.1) is 12.7 Å². The predicted octanol–water partition coefficient (Wildman–Crippen LogP) is 3.36. The Morgan fingerprint density at radius 3 is 2.96 bits per heavy atom. The molecule has 0 unspecified atom stereocenters. The lowest BCUT2D eigenvalue weighted by atomic mass is 10.1. The standard InChI is InChI=1S/C20H23FN2O2/c21-19-8-2-1-6-17(19)9-10-20(24)23-12-4-7-18(14-23)25-15-16-5-3-11-22-13-16/h1-3,5-6,8,11,13,18H,4,7,9-10,12,14-15H2/t18-/m0/s1. The molecule has 0 spiro atoms. The van der Waals surface area contributed by atoms with Gasteiger partial charge in [-0.2, -0.15) is 0 Å². The summed E-state index contributed by atoms with van der Waals surface area (Å²) in [7, 11) is 0. The number of aryl methyl sites for hydroxylation is 1. The number of rotatable bonds is 6. The van der Waals surface area contributed by atoms with Crippen molar-refractivity contribution in [3.05, 3.63) is 65.7 Å². The van der Waals surface area contributed by atoms with Gasteiger partial charge in [-0.15, -0.1) is 0 Å². The van der Waals surface area contributed by atoms with Gasteiger partial charge in [0.15, 0.2) is 0 Å². The number of halogens is 1. The topological polar surface area (TPSA) is 42.4 Å². The van der Waals surface area contributed by atoms with E-state index in [1.54, 1.807) is 30.6 Å². The summed E-state index contributed by atoms with van der Waals surface area (Å²) in [5.74, 6) is -0.176. The number of benzene rings is 1. The van der Waals surface area contributed by atoms with Gasteiger partial charge in [0.2, 0.25) is 5.91 Å². The molecule has 1 aromatic carbocycles. The third-order valence-corrected chi connectivity index (χ3v) is 4.51. The zero-order chi connectivity index (χ0) is 17.5. The summed E-state index contributed by atoms with van der Waals surface area (Å²) in [5.41, 5.74) is 1.63. The van der Waals surface area contributed by atoms with Crippen LogP contribution in [0.25, 0.3) is 0 Å². The maximum absolute atomic E-state index is 13.7. The van der Waals surface area contributed by atoms with Gasteiger partial charge in [0, 0.05) is 31.9 Å². The quantitative estimate of drug-likeness (QED) is 0.808. The average Bonchev–Trinajstić information content (AvgIpc) is 2.66. The Morgan fingerprint density at radius 1 is 1.28 bits per heavy atom. The van der Waals surface area contributed by atoms with E-state index in [0.717, 1.165) is 24.9 Å². The van der Waals surface area contributed by atoms with E-state index in [-0.39, 0.29) is 17.8 Å².